The van der Waals surface area contributed by atoms with E-state index in [1.165, 1.54) is 71.1 Å². The zero-order chi connectivity index (χ0) is 13.5. The van der Waals surface area contributed by atoms with Crippen molar-refractivity contribution in [3.05, 3.63) is 0 Å². The minimum absolute atomic E-state index is 0.812. The third-order valence-electron chi connectivity index (χ3n) is 5.02. The molecule has 1 heterocycles. The van der Waals surface area contributed by atoms with Gasteiger partial charge in [-0.3, -0.25) is 0 Å². The molecule has 2 rings (SSSR count). The molecule has 112 valence electrons. The average molecular weight is 267 g/mol. The zero-order valence-corrected chi connectivity index (χ0v) is 12.8. The van der Waals surface area contributed by atoms with E-state index in [1.807, 2.05) is 0 Å². The molecule has 1 saturated carbocycles. The van der Waals surface area contributed by atoms with Crippen molar-refractivity contribution < 1.29 is 0 Å². The molecule has 1 saturated heterocycles. The zero-order valence-electron chi connectivity index (χ0n) is 12.8. The third kappa shape index (κ3) is 5.41. The van der Waals surface area contributed by atoms with Gasteiger partial charge in [0.15, 0.2) is 0 Å². The summed E-state index contributed by atoms with van der Waals surface area (Å²) in [5, 5.41) is 0. The molecule has 1 aliphatic heterocycles. The molecular formula is C16H33N3. The fraction of sp³-hybridized carbons (Fsp3) is 1.00. The van der Waals surface area contributed by atoms with E-state index in [-0.39, 0.29) is 0 Å². The molecule has 1 aliphatic carbocycles. The van der Waals surface area contributed by atoms with Crippen LogP contribution in [-0.2, 0) is 0 Å². The Bertz CT molecular complexity index is 230. The van der Waals surface area contributed by atoms with Gasteiger partial charge in [-0.1, -0.05) is 19.3 Å². The van der Waals surface area contributed by atoms with Crippen LogP contribution < -0.4 is 5.73 Å². The first-order chi connectivity index (χ1) is 9.28. The van der Waals surface area contributed by atoms with E-state index < -0.39 is 0 Å². The van der Waals surface area contributed by atoms with Gasteiger partial charge >= 0.3 is 0 Å². The summed E-state index contributed by atoms with van der Waals surface area (Å²) < 4.78 is 0. The lowest BCUT2D eigenvalue weighted by molar-refractivity contribution is 0.143. The van der Waals surface area contributed by atoms with Crippen molar-refractivity contribution in [1.82, 2.24) is 9.80 Å². The standard InChI is InChI=1S/C16H33N3/c1-18(13-15-5-3-2-4-6-15)14-16-7-10-19(11-8-16)12-9-17/h15-16H,2-14,17H2,1H3. The summed E-state index contributed by atoms with van der Waals surface area (Å²) in [5.74, 6) is 1.90. The number of hydrogen-bond donors (Lipinski definition) is 1. The van der Waals surface area contributed by atoms with Crippen LogP contribution in [0.3, 0.4) is 0 Å². The van der Waals surface area contributed by atoms with Crippen LogP contribution in [0.1, 0.15) is 44.9 Å². The normalized spacial score (nSPS) is 24.2. The lowest BCUT2D eigenvalue weighted by Crippen LogP contribution is -2.40. The summed E-state index contributed by atoms with van der Waals surface area (Å²) in [6, 6.07) is 0. The number of hydrogen-bond acceptors (Lipinski definition) is 3. The third-order valence-corrected chi connectivity index (χ3v) is 5.02. The molecule has 0 unspecified atom stereocenters. The van der Waals surface area contributed by atoms with Crippen LogP contribution in [0.5, 0.6) is 0 Å². The Labute approximate surface area is 119 Å². The maximum atomic E-state index is 5.63. The molecule has 0 aromatic heterocycles. The van der Waals surface area contributed by atoms with E-state index in [4.69, 9.17) is 5.73 Å². The molecule has 0 radical (unpaired) electrons. The van der Waals surface area contributed by atoms with Gasteiger partial charge in [0.1, 0.15) is 0 Å². The first kappa shape index (κ1) is 15.3. The van der Waals surface area contributed by atoms with Gasteiger partial charge in [0, 0.05) is 26.2 Å². The van der Waals surface area contributed by atoms with Crippen LogP contribution in [0, 0.1) is 11.8 Å². The lowest BCUT2D eigenvalue weighted by atomic mass is 9.88. The molecule has 2 N–H and O–H groups in total. The molecule has 3 nitrogen and oxygen atoms in total. The minimum atomic E-state index is 0.812. The van der Waals surface area contributed by atoms with Gasteiger partial charge in [-0.2, -0.15) is 0 Å². The van der Waals surface area contributed by atoms with E-state index in [2.05, 4.69) is 16.8 Å². The summed E-state index contributed by atoms with van der Waals surface area (Å²) in [5.41, 5.74) is 5.63. The quantitative estimate of drug-likeness (QED) is 0.800. The van der Waals surface area contributed by atoms with Crippen molar-refractivity contribution in [3.8, 4) is 0 Å². The Hall–Kier alpha value is -0.120. The van der Waals surface area contributed by atoms with E-state index in [1.54, 1.807) is 0 Å². The van der Waals surface area contributed by atoms with Crippen molar-refractivity contribution in [2.75, 3.05) is 46.3 Å². The molecule has 0 aromatic carbocycles. The van der Waals surface area contributed by atoms with Gasteiger partial charge < -0.3 is 15.5 Å². The van der Waals surface area contributed by atoms with Crippen molar-refractivity contribution in [3.63, 3.8) is 0 Å². The predicted octanol–water partition coefficient (Wildman–Crippen LogP) is 2.17. The molecule has 0 bridgehead atoms. The second kappa shape index (κ2) is 8.23. The molecule has 2 fully saturated rings. The highest BCUT2D eigenvalue weighted by Crippen LogP contribution is 2.25. The van der Waals surface area contributed by atoms with Crippen molar-refractivity contribution in [2.45, 2.75) is 44.9 Å². The Morgan fingerprint density at radius 1 is 0.947 bits per heavy atom. The van der Waals surface area contributed by atoms with Gasteiger partial charge in [-0.25, -0.2) is 0 Å². The number of nitrogens with two attached hydrogens (primary N) is 1. The van der Waals surface area contributed by atoms with Crippen LogP contribution >= 0.6 is 0 Å². The van der Waals surface area contributed by atoms with E-state index in [0.717, 1.165) is 24.9 Å². The lowest BCUT2D eigenvalue weighted by Gasteiger charge is -2.35. The molecular weight excluding hydrogens is 234 g/mol. The summed E-state index contributed by atoms with van der Waals surface area (Å²) in [4.78, 5) is 5.14. The van der Waals surface area contributed by atoms with Crippen LogP contribution in [0.15, 0.2) is 0 Å². The Balaban J connectivity index is 1.61. The topological polar surface area (TPSA) is 32.5 Å². The monoisotopic (exact) mass is 267 g/mol. The number of piperidine rings is 1. The van der Waals surface area contributed by atoms with Gasteiger partial charge in [0.05, 0.1) is 0 Å². The number of nitrogens with zero attached hydrogens (tertiary/aromatic N) is 2. The number of likely N-dealkylation sites (tertiary alicyclic amines) is 1. The maximum absolute atomic E-state index is 5.63. The first-order valence-electron chi connectivity index (χ1n) is 8.39. The molecule has 19 heavy (non-hydrogen) atoms. The van der Waals surface area contributed by atoms with Crippen LogP contribution in [0.25, 0.3) is 0 Å². The first-order valence-corrected chi connectivity index (χ1v) is 8.39. The fourth-order valence-electron chi connectivity index (χ4n) is 3.90. The van der Waals surface area contributed by atoms with Crippen molar-refractivity contribution >= 4 is 0 Å². The Kier molecular flexibility index (Phi) is 6.62. The minimum Gasteiger partial charge on any atom is -0.329 e. The Morgan fingerprint density at radius 3 is 2.11 bits per heavy atom. The van der Waals surface area contributed by atoms with Crippen molar-refractivity contribution in [1.29, 1.82) is 0 Å². The molecule has 0 atom stereocenters. The highest BCUT2D eigenvalue weighted by molar-refractivity contribution is 4.76. The average Bonchev–Trinajstić information content (AvgIpc) is 2.42. The van der Waals surface area contributed by atoms with E-state index in [0.29, 0.717) is 0 Å². The van der Waals surface area contributed by atoms with Gasteiger partial charge in [0.25, 0.3) is 0 Å². The van der Waals surface area contributed by atoms with E-state index in [9.17, 15) is 0 Å². The molecule has 3 heteroatoms. The van der Waals surface area contributed by atoms with E-state index >= 15 is 0 Å². The highest BCUT2D eigenvalue weighted by Gasteiger charge is 2.21. The van der Waals surface area contributed by atoms with Crippen molar-refractivity contribution in [2.24, 2.45) is 17.6 Å². The fourth-order valence-corrected chi connectivity index (χ4v) is 3.90. The predicted molar refractivity (Wildman–Crippen MR) is 82.3 cm³/mol. The Morgan fingerprint density at radius 2 is 1.53 bits per heavy atom. The molecule has 2 aliphatic rings. The second-order valence-electron chi connectivity index (χ2n) is 6.80. The maximum Gasteiger partial charge on any atom is 0.0105 e. The van der Waals surface area contributed by atoms with Gasteiger partial charge in [0.2, 0.25) is 0 Å². The summed E-state index contributed by atoms with van der Waals surface area (Å²) >= 11 is 0. The second-order valence-corrected chi connectivity index (χ2v) is 6.80. The molecule has 0 amide bonds. The summed E-state index contributed by atoms with van der Waals surface area (Å²) in [6.45, 7) is 7.07. The molecule has 0 aromatic rings. The van der Waals surface area contributed by atoms with Gasteiger partial charge in [-0.05, 0) is 57.7 Å². The smallest absolute Gasteiger partial charge is 0.0105 e. The van der Waals surface area contributed by atoms with Crippen LogP contribution in [-0.4, -0.2) is 56.1 Å². The molecule has 0 spiro atoms. The van der Waals surface area contributed by atoms with Crippen LogP contribution in [0.4, 0.5) is 0 Å². The largest absolute Gasteiger partial charge is 0.329 e. The SMILES string of the molecule is CN(CC1CCCCC1)CC1CCN(CCN)CC1. The van der Waals surface area contributed by atoms with Crippen LogP contribution in [0.2, 0.25) is 0 Å². The van der Waals surface area contributed by atoms with Gasteiger partial charge in [-0.15, -0.1) is 0 Å². The summed E-state index contributed by atoms with van der Waals surface area (Å²) in [6.07, 6.45) is 10.1. The highest BCUT2D eigenvalue weighted by atomic mass is 15.1. The number of rotatable bonds is 6. The summed E-state index contributed by atoms with van der Waals surface area (Å²) in [7, 11) is 2.33.